The summed E-state index contributed by atoms with van der Waals surface area (Å²) in [6.45, 7) is 29.1. The van der Waals surface area contributed by atoms with E-state index in [2.05, 4.69) is 58.3 Å². The molecular weight excluding hydrogens is 845 g/mol. The number of aromatic nitrogens is 2. The van der Waals surface area contributed by atoms with E-state index in [-0.39, 0.29) is 47.9 Å². The van der Waals surface area contributed by atoms with Crippen LogP contribution < -0.4 is 0 Å². The molecule has 0 bridgehead atoms. The Morgan fingerprint density at radius 1 is 0.942 bits per heavy atom. The van der Waals surface area contributed by atoms with E-state index in [0.29, 0.717) is 11.6 Å². The molecule has 0 unspecified atom stereocenters. The van der Waals surface area contributed by atoms with Gasteiger partial charge in [0, 0.05) is 64.4 Å². The van der Waals surface area contributed by atoms with Crippen LogP contribution in [0.4, 0.5) is 0 Å². The van der Waals surface area contributed by atoms with Crippen molar-refractivity contribution in [2.75, 3.05) is 0 Å². The fourth-order valence-corrected chi connectivity index (χ4v) is 7.19. The number of nitrogens with zero attached hydrogens (tertiary/aromatic N) is 2. The van der Waals surface area contributed by atoms with Crippen LogP contribution in [0.3, 0.4) is 0 Å². The summed E-state index contributed by atoms with van der Waals surface area (Å²) < 4.78 is 12.4. The Morgan fingerprint density at radius 3 is 2.08 bits per heavy atom. The van der Waals surface area contributed by atoms with Crippen LogP contribution >= 0.6 is 11.8 Å². The Balaban J connectivity index is 0.000000347. The van der Waals surface area contributed by atoms with Crippen molar-refractivity contribution in [2.24, 2.45) is 16.7 Å². The number of carbonyl (C=O) groups is 1. The molecule has 1 N–H and O–H groups in total. The van der Waals surface area contributed by atoms with Gasteiger partial charge in [0.05, 0.1) is 0 Å². The van der Waals surface area contributed by atoms with Crippen molar-refractivity contribution in [1.29, 1.82) is 0 Å². The van der Waals surface area contributed by atoms with Crippen LogP contribution in [-0.2, 0) is 36.7 Å². The molecule has 52 heavy (non-hydrogen) atoms. The van der Waals surface area contributed by atoms with Gasteiger partial charge in [-0.15, -0.1) is 29.3 Å². The van der Waals surface area contributed by atoms with Gasteiger partial charge in [0.25, 0.3) is 0 Å². The molecule has 3 heterocycles. The second-order valence-corrected chi connectivity index (χ2v) is 16.6. The van der Waals surface area contributed by atoms with Gasteiger partial charge >= 0.3 is 0 Å². The predicted octanol–water partition coefficient (Wildman–Crippen LogP) is 13.3. The average molecular weight is 902 g/mol. The average Bonchev–Trinajstić information content (AvgIpc) is 3.63. The van der Waals surface area contributed by atoms with Crippen molar-refractivity contribution < 1.29 is 38.8 Å². The first-order valence-electron chi connectivity index (χ1n) is 18.4. The summed E-state index contributed by atoms with van der Waals surface area (Å²) >= 11 is 1.62. The van der Waals surface area contributed by atoms with Crippen LogP contribution in [0.2, 0.25) is 0 Å². The number of aliphatic hydroxyl groups excluding tert-OH is 1. The molecule has 3 aromatic heterocycles. The number of thioether (sulfide) groups is 1. The minimum Gasteiger partial charge on any atom is -0.512 e. The van der Waals surface area contributed by atoms with E-state index in [1.54, 1.807) is 18.1 Å². The van der Waals surface area contributed by atoms with E-state index in [1.165, 1.54) is 17.2 Å². The Bertz CT molecular complexity index is 2060. The van der Waals surface area contributed by atoms with E-state index in [9.17, 15) is 9.90 Å². The van der Waals surface area contributed by atoms with Crippen molar-refractivity contribution in [3.05, 3.63) is 77.4 Å². The van der Waals surface area contributed by atoms with Gasteiger partial charge in [-0.3, -0.25) is 9.78 Å². The van der Waals surface area contributed by atoms with E-state index < -0.39 is 0 Å². The molecule has 1 radical (unpaired) electrons. The maximum atomic E-state index is 12.2. The number of aryl methyl sites for hydroxylation is 1. The number of aliphatic hydroxyl groups is 1. The fourth-order valence-electron chi connectivity index (χ4n) is 6.39. The predicted molar refractivity (Wildman–Crippen MR) is 214 cm³/mol. The number of furan rings is 2. The molecule has 5 aromatic rings. The molecule has 2 aromatic carbocycles. The zero-order chi connectivity index (χ0) is 37.9. The van der Waals surface area contributed by atoms with Gasteiger partial charge in [0.2, 0.25) is 5.71 Å². The monoisotopic (exact) mass is 902 g/mol. The van der Waals surface area contributed by atoms with Crippen LogP contribution in [0.1, 0.15) is 119 Å². The number of benzene rings is 2. The molecule has 0 spiro atoms. The van der Waals surface area contributed by atoms with Gasteiger partial charge < -0.3 is 13.9 Å². The fraction of sp³-hybridized carbons (Fsp3) is 0.477. The van der Waals surface area contributed by atoms with E-state index in [0.717, 1.165) is 81.3 Å². The maximum Gasteiger partial charge on any atom is 0.221 e. The number of fused-ring (bicyclic) bond motifs is 5. The Kier molecular flexibility index (Phi) is 14.4. The Labute approximate surface area is 328 Å². The SMILES string of the molecule is C=CSc1c[c-]c(-c2ncnc3oc4ccc5oc(C)c(CC(C)C)c5c4c23)cc1C(C)(C)C.CCC(C)(CC)C(=O)/C=C(\O)C(C)(CC)CC.[Ir]. The first-order chi connectivity index (χ1) is 24.0. The Morgan fingerprint density at radius 2 is 1.54 bits per heavy atom. The van der Waals surface area contributed by atoms with Crippen LogP contribution in [0.25, 0.3) is 44.3 Å². The van der Waals surface area contributed by atoms with Gasteiger partial charge in [-0.2, -0.15) is 11.8 Å². The second-order valence-electron chi connectivity index (χ2n) is 15.6. The molecular formula is C44H57IrN2O4S-. The van der Waals surface area contributed by atoms with Crippen molar-refractivity contribution in [3.63, 3.8) is 0 Å². The molecule has 6 nitrogen and oxygen atoms in total. The summed E-state index contributed by atoms with van der Waals surface area (Å²) in [5.74, 6) is 1.74. The topological polar surface area (TPSA) is 89.4 Å². The third-order valence-electron chi connectivity index (χ3n) is 10.8. The van der Waals surface area contributed by atoms with E-state index in [4.69, 9.17) is 13.8 Å². The number of hydrogen-bond acceptors (Lipinski definition) is 7. The van der Waals surface area contributed by atoms with Crippen molar-refractivity contribution in [2.45, 2.75) is 125 Å². The second kappa shape index (κ2) is 17.3. The van der Waals surface area contributed by atoms with Crippen LogP contribution in [0.5, 0.6) is 0 Å². The first kappa shape index (κ1) is 43.2. The third kappa shape index (κ3) is 8.77. The minimum absolute atomic E-state index is 0. The zero-order valence-corrected chi connectivity index (χ0v) is 36.4. The quantitative estimate of drug-likeness (QED) is 0.0577. The summed E-state index contributed by atoms with van der Waals surface area (Å²) in [7, 11) is 0. The van der Waals surface area contributed by atoms with Gasteiger partial charge in [-0.05, 0) is 67.9 Å². The van der Waals surface area contributed by atoms with Crippen molar-refractivity contribution >= 4 is 50.6 Å². The number of hydrogen-bond donors (Lipinski definition) is 1. The number of ketones is 1. The van der Waals surface area contributed by atoms with Crippen LogP contribution in [-0.4, -0.2) is 20.9 Å². The summed E-state index contributed by atoms with van der Waals surface area (Å²) in [6.07, 6.45) is 7.26. The molecule has 283 valence electrons. The molecule has 0 atom stereocenters. The number of rotatable bonds is 12. The molecule has 0 saturated carbocycles. The molecule has 8 heteroatoms. The van der Waals surface area contributed by atoms with Crippen LogP contribution in [0, 0.1) is 29.7 Å². The van der Waals surface area contributed by atoms with Crippen LogP contribution in [0.15, 0.2) is 68.1 Å². The largest absolute Gasteiger partial charge is 0.512 e. The first-order valence-corrected chi connectivity index (χ1v) is 19.2. The molecule has 0 aliphatic heterocycles. The smallest absolute Gasteiger partial charge is 0.221 e. The van der Waals surface area contributed by atoms with Gasteiger partial charge in [-0.1, -0.05) is 87.6 Å². The molecule has 0 amide bonds. The van der Waals surface area contributed by atoms with Crippen molar-refractivity contribution in [1.82, 2.24) is 9.97 Å². The standard InChI is InChI=1S/C29H29N2O2S.C15H28O2.Ir/c1-8-34-23-12-9-18(14-20(23)29(5,6)7)27-26-25-22(33-28(26)31-15-30-27)11-10-21-24(25)19(13-16(2)3)17(4)32-21;1-7-14(5,8-2)12(16)11-13(17)15(6,9-3)10-4;/h8,10-12,14-16H,1,13H2,2-7H3;11,16H,7-10H2,1-6H3;/q-1;;/b;12-11-;. The molecule has 5 rings (SSSR count). The number of carbonyl (C=O) groups excluding carboxylic acids is 1. The Hall–Kier alpha value is -3.19. The number of allylic oxidation sites excluding steroid dienone is 2. The van der Waals surface area contributed by atoms with E-state index in [1.807, 2.05) is 72.1 Å². The zero-order valence-electron chi connectivity index (χ0n) is 33.2. The van der Waals surface area contributed by atoms with Crippen molar-refractivity contribution in [3.8, 4) is 11.3 Å². The molecule has 0 saturated heterocycles. The summed E-state index contributed by atoms with van der Waals surface area (Å²) in [5.41, 5.74) is 5.81. The van der Waals surface area contributed by atoms with E-state index >= 15 is 0 Å². The molecule has 0 fully saturated rings. The van der Waals surface area contributed by atoms with Gasteiger partial charge in [0.1, 0.15) is 29.0 Å². The minimum atomic E-state index is -0.337. The molecule has 0 aliphatic carbocycles. The molecule has 0 aliphatic rings. The maximum absolute atomic E-state index is 12.2. The normalized spacial score (nSPS) is 12.7. The third-order valence-corrected chi connectivity index (χ3v) is 11.5. The van der Waals surface area contributed by atoms with Gasteiger partial charge in [0.15, 0.2) is 5.78 Å². The summed E-state index contributed by atoms with van der Waals surface area (Å²) in [4.78, 5) is 22.6. The van der Waals surface area contributed by atoms with Gasteiger partial charge in [-0.25, -0.2) is 4.98 Å². The summed E-state index contributed by atoms with van der Waals surface area (Å²) in [6, 6.07) is 11.7. The summed E-state index contributed by atoms with van der Waals surface area (Å²) in [5, 5.41) is 15.0.